The van der Waals surface area contributed by atoms with Gasteiger partial charge < -0.3 is 25.2 Å². The van der Waals surface area contributed by atoms with Crippen molar-refractivity contribution in [2.45, 2.75) is 38.1 Å². The van der Waals surface area contributed by atoms with E-state index in [0.717, 1.165) is 22.1 Å². The number of benzene rings is 1. The van der Waals surface area contributed by atoms with Crippen LogP contribution in [0.4, 0.5) is 0 Å². The van der Waals surface area contributed by atoms with Crippen LogP contribution in [0.1, 0.15) is 28.0 Å². The van der Waals surface area contributed by atoms with Gasteiger partial charge in [-0.1, -0.05) is 18.2 Å². The second-order valence-corrected chi connectivity index (χ2v) is 8.51. The van der Waals surface area contributed by atoms with E-state index in [1.165, 1.54) is 11.9 Å². The van der Waals surface area contributed by atoms with E-state index in [9.17, 15) is 19.6 Å². The van der Waals surface area contributed by atoms with Gasteiger partial charge in [-0.05, 0) is 18.6 Å². The minimum atomic E-state index is -3.62. The van der Waals surface area contributed by atoms with E-state index in [1.807, 2.05) is 25.1 Å². The number of hydrogen-bond acceptors (Lipinski definition) is 9. The number of aliphatic hydroxyl groups is 2. The van der Waals surface area contributed by atoms with Crippen LogP contribution in [0, 0.1) is 6.92 Å². The third-order valence-corrected chi connectivity index (χ3v) is 6.10. The van der Waals surface area contributed by atoms with Crippen LogP contribution in [0.5, 0.6) is 5.75 Å². The Morgan fingerprint density at radius 2 is 2.17 bits per heavy atom. The van der Waals surface area contributed by atoms with Gasteiger partial charge in [-0.3, -0.25) is 9.32 Å². The maximum absolute atomic E-state index is 12.9. The van der Waals surface area contributed by atoms with Gasteiger partial charge in [-0.2, -0.15) is 0 Å². The van der Waals surface area contributed by atoms with Gasteiger partial charge in [0.25, 0.3) is 5.91 Å². The molecule has 2 aliphatic rings. The lowest BCUT2D eigenvalue weighted by Crippen LogP contribution is -2.31. The monoisotopic (exact) mass is 422 g/mol. The molecule has 11 nitrogen and oxygen atoms in total. The van der Waals surface area contributed by atoms with Crippen LogP contribution in [0.25, 0.3) is 0 Å². The zero-order chi connectivity index (χ0) is 20.8. The number of para-hydroxylation sites is 1. The summed E-state index contributed by atoms with van der Waals surface area (Å²) in [5, 5.41) is 24.3. The van der Waals surface area contributed by atoms with E-state index in [0.29, 0.717) is 5.75 Å². The number of carbonyl (C=O) groups excluding carboxylic acids is 1. The van der Waals surface area contributed by atoms with E-state index < -0.39 is 38.0 Å². The summed E-state index contributed by atoms with van der Waals surface area (Å²) in [6, 6.07) is 5.51. The zero-order valence-electron chi connectivity index (χ0n) is 15.3. The molecule has 2 aliphatic heterocycles. The third-order valence-electron chi connectivity index (χ3n) is 4.64. The molecule has 12 heteroatoms. The minimum Gasteiger partial charge on any atom is -0.421 e. The van der Waals surface area contributed by atoms with Gasteiger partial charge in [0.15, 0.2) is 6.23 Å². The summed E-state index contributed by atoms with van der Waals surface area (Å²) in [4.78, 5) is 14.8. The Balaban J connectivity index is 1.50. The lowest BCUT2D eigenvalue weighted by atomic mass is 10.1. The standard InChI is InChI=1S/C17H19N4O7P/c1-9-3-2-4-10-7-26-29(25,28-14(9)10)6-5-11-12(22)13(23)17(27-11)21-8-19-16(20-21)15(18)24/h2-6,8,11-13,17,22-23H,7H2,1H3,(H2,18,24)/b6-5+/t11-,12-,13-,17-,29?/m1/s1. The summed E-state index contributed by atoms with van der Waals surface area (Å²) in [6.45, 7) is 1.95. The zero-order valence-corrected chi connectivity index (χ0v) is 16.2. The van der Waals surface area contributed by atoms with Gasteiger partial charge in [-0.15, -0.1) is 5.10 Å². The van der Waals surface area contributed by atoms with Crippen molar-refractivity contribution in [1.82, 2.24) is 14.8 Å². The van der Waals surface area contributed by atoms with Crippen molar-refractivity contribution in [3.63, 3.8) is 0 Å². The molecule has 2 aromatic rings. The number of hydrogen-bond donors (Lipinski definition) is 3. The van der Waals surface area contributed by atoms with E-state index in [2.05, 4.69) is 10.1 Å². The van der Waals surface area contributed by atoms with Gasteiger partial charge in [-0.25, -0.2) is 14.2 Å². The number of aromatic nitrogens is 3. The number of ether oxygens (including phenoxy) is 1. The first-order chi connectivity index (χ1) is 13.8. The number of rotatable bonds is 4. The number of fused-ring (bicyclic) bond motifs is 1. The number of primary amides is 1. The van der Waals surface area contributed by atoms with E-state index in [4.69, 9.17) is 19.5 Å². The average molecular weight is 422 g/mol. The van der Waals surface area contributed by atoms with Crippen LogP contribution >= 0.6 is 7.60 Å². The highest BCUT2D eigenvalue weighted by Crippen LogP contribution is 2.55. The Morgan fingerprint density at radius 1 is 1.38 bits per heavy atom. The topological polar surface area (TPSA) is 159 Å². The molecule has 1 aromatic heterocycles. The summed E-state index contributed by atoms with van der Waals surface area (Å²) >= 11 is 0. The molecule has 0 spiro atoms. The van der Waals surface area contributed by atoms with E-state index in [1.54, 1.807) is 0 Å². The van der Waals surface area contributed by atoms with Gasteiger partial charge in [0, 0.05) is 11.4 Å². The predicted molar refractivity (Wildman–Crippen MR) is 97.8 cm³/mol. The highest BCUT2D eigenvalue weighted by molar-refractivity contribution is 7.57. The van der Waals surface area contributed by atoms with Crippen molar-refractivity contribution >= 4 is 13.5 Å². The van der Waals surface area contributed by atoms with Crippen LogP contribution in [-0.2, 0) is 20.4 Å². The van der Waals surface area contributed by atoms with Crippen molar-refractivity contribution in [3.05, 3.63) is 53.4 Å². The number of carbonyl (C=O) groups is 1. The number of aliphatic hydroxyl groups excluding tert-OH is 2. The predicted octanol–water partition coefficient (Wildman–Crippen LogP) is 0.621. The molecule has 1 aromatic carbocycles. The van der Waals surface area contributed by atoms with Crippen molar-refractivity contribution in [2.24, 2.45) is 5.73 Å². The molecule has 0 saturated carbocycles. The normalized spacial score (nSPS) is 31.6. The first-order valence-corrected chi connectivity index (χ1v) is 10.3. The molecule has 1 saturated heterocycles. The van der Waals surface area contributed by atoms with Crippen molar-refractivity contribution in [1.29, 1.82) is 0 Å². The fraction of sp³-hybridized carbons (Fsp3) is 0.353. The van der Waals surface area contributed by atoms with Gasteiger partial charge in [0.05, 0.1) is 6.61 Å². The van der Waals surface area contributed by atoms with Crippen LogP contribution in [0.3, 0.4) is 0 Å². The molecule has 0 radical (unpaired) electrons. The molecule has 1 amide bonds. The van der Waals surface area contributed by atoms with Crippen molar-refractivity contribution in [2.75, 3.05) is 0 Å². The molecule has 29 heavy (non-hydrogen) atoms. The minimum absolute atomic E-state index is 0.118. The van der Waals surface area contributed by atoms with Crippen molar-refractivity contribution in [3.8, 4) is 5.75 Å². The van der Waals surface area contributed by atoms with Crippen LogP contribution < -0.4 is 10.3 Å². The molecule has 0 bridgehead atoms. The maximum atomic E-state index is 12.9. The Kier molecular flexibility index (Phi) is 5.01. The molecule has 1 unspecified atom stereocenters. The Hall–Kier alpha value is -2.56. The molecule has 4 rings (SSSR count). The first kappa shape index (κ1) is 19.7. The number of amides is 1. The van der Waals surface area contributed by atoms with E-state index >= 15 is 0 Å². The lowest BCUT2D eigenvalue weighted by Gasteiger charge is -2.25. The molecular weight excluding hydrogens is 403 g/mol. The van der Waals surface area contributed by atoms with Gasteiger partial charge >= 0.3 is 7.60 Å². The van der Waals surface area contributed by atoms with Crippen LogP contribution in [-0.4, -0.2) is 49.2 Å². The van der Waals surface area contributed by atoms with Gasteiger partial charge in [0.2, 0.25) is 5.82 Å². The molecule has 4 N–H and O–H groups in total. The summed E-state index contributed by atoms with van der Waals surface area (Å²) in [5.74, 6) is 0.603. The second-order valence-electron chi connectivity index (χ2n) is 6.69. The summed E-state index contributed by atoms with van der Waals surface area (Å²) in [7, 11) is -3.62. The smallest absolute Gasteiger partial charge is 0.403 e. The summed E-state index contributed by atoms with van der Waals surface area (Å²) < 4.78 is 30.5. The Morgan fingerprint density at radius 3 is 2.90 bits per heavy atom. The average Bonchev–Trinajstić information content (AvgIpc) is 3.28. The first-order valence-electron chi connectivity index (χ1n) is 8.72. The molecule has 5 atom stereocenters. The number of nitrogens with zero attached hydrogens (tertiary/aromatic N) is 3. The number of nitrogens with two attached hydrogens (primary N) is 1. The second kappa shape index (κ2) is 7.36. The SMILES string of the molecule is Cc1cccc2c1OP(=O)(/C=C/[C@H]1O[C@@H](n3cnc(C(N)=O)n3)[C@H](O)[C@@H]1O)OC2. The molecule has 3 heterocycles. The largest absolute Gasteiger partial charge is 0.421 e. The van der Waals surface area contributed by atoms with E-state index in [-0.39, 0.29) is 12.4 Å². The highest BCUT2D eigenvalue weighted by atomic mass is 31.2. The summed E-state index contributed by atoms with van der Waals surface area (Å²) in [6.07, 6.45) is -2.39. The highest BCUT2D eigenvalue weighted by Gasteiger charge is 2.44. The fourth-order valence-corrected chi connectivity index (χ4v) is 4.52. The Bertz CT molecular complexity index is 1020. The molecule has 154 valence electrons. The van der Waals surface area contributed by atoms with Crippen LogP contribution in [0.15, 0.2) is 36.4 Å². The Labute approximate surface area is 165 Å². The lowest BCUT2D eigenvalue weighted by molar-refractivity contribution is -0.0346. The molecular formula is C17H19N4O7P. The third kappa shape index (κ3) is 3.70. The number of aryl methyl sites for hydroxylation is 1. The summed E-state index contributed by atoms with van der Waals surface area (Å²) in [5.41, 5.74) is 6.71. The maximum Gasteiger partial charge on any atom is 0.403 e. The molecule has 0 aliphatic carbocycles. The molecule has 1 fully saturated rings. The fourth-order valence-electron chi connectivity index (χ4n) is 3.11. The van der Waals surface area contributed by atoms with Gasteiger partial charge in [0.1, 0.15) is 30.4 Å². The van der Waals surface area contributed by atoms with Crippen molar-refractivity contribution < 1.29 is 33.4 Å². The quantitative estimate of drug-likeness (QED) is 0.600. The van der Waals surface area contributed by atoms with Crippen LogP contribution in [0.2, 0.25) is 0 Å².